The molecule has 4 aromatic carbocycles. The highest BCUT2D eigenvalue weighted by Crippen LogP contribution is 2.24. The van der Waals surface area contributed by atoms with Gasteiger partial charge in [-0.15, -0.1) is 0 Å². The van der Waals surface area contributed by atoms with Gasteiger partial charge in [0, 0.05) is 18.6 Å². The SMILES string of the molecule is CN=Cc1ccccc1Pc1cc(Cc2ccccc2)ccc1OCc1ccccc1. The summed E-state index contributed by atoms with van der Waals surface area (Å²) in [5.74, 6) is 0.947. The van der Waals surface area contributed by atoms with Gasteiger partial charge in [-0.25, -0.2) is 0 Å². The molecule has 3 heteroatoms. The molecule has 0 bridgehead atoms. The summed E-state index contributed by atoms with van der Waals surface area (Å²) in [4.78, 5) is 4.23. The molecule has 0 radical (unpaired) electrons. The quantitative estimate of drug-likeness (QED) is 0.270. The number of benzene rings is 4. The van der Waals surface area contributed by atoms with E-state index in [9.17, 15) is 0 Å². The second-order valence-electron chi connectivity index (χ2n) is 7.37. The molecule has 0 amide bonds. The van der Waals surface area contributed by atoms with E-state index in [2.05, 4.69) is 89.9 Å². The van der Waals surface area contributed by atoms with Crippen LogP contribution in [0.5, 0.6) is 5.75 Å². The molecule has 4 rings (SSSR count). The van der Waals surface area contributed by atoms with Crippen molar-refractivity contribution in [1.82, 2.24) is 0 Å². The second kappa shape index (κ2) is 10.7. The third kappa shape index (κ3) is 5.90. The zero-order chi connectivity index (χ0) is 21.3. The lowest BCUT2D eigenvalue weighted by Gasteiger charge is -2.15. The van der Waals surface area contributed by atoms with Crippen LogP contribution in [0.2, 0.25) is 0 Å². The van der Waals surface area contributed by atoms with E-state index in [0.29, 0.717) is 15.2 Å². The Morgan fingerprint density at radius 2 is 1.39 bits per heavy atom. The minimum atomic E-state index is 0.493. The molecule has 0 aromatic heterocycles. The molecule has 2 nitrogen and oxygen atoms in total. The molecule has 0 N–H and O–H groups in total. The van der Waals surface area contributed by atoms with Gasteiger partial charge < -0.3 is 4.74 Å². The second-order valence-corrected chi connectivity index (χ2v) is 8.69. The molecule has 1 atom stereocenters. The van der Waals surface area contributed by atoms with Crippen molar-refractivity contribution in [2.45, 2.75) is 13.0 Å². The molecule has 0 heterocycles. The molecule has 0 saturated heterocycles. The fraction of sp³-hybridized carbons (Fsp3) is 0.107. The molecular formula is C28H26NOP. The Kier molecular flexibility index (Phi) is 7.26. The van der Waals surface area contributed by atoms with Crippen LogP contribution in [0.1, 0.15) is 22.3 Å². The van der Waals surface area contributed by atoms with E-state index in [-0.39, 0.29) is 0 Å². The Balaban J connectivity index is 1.63. The van der Waals surface area contributed by atoms with E-state index in [1.807, 2.05) is 31.5 Å². The van der Waals surface area contributed by atoms with Crippen molar-refractivity contribution in [2.24, 2.45) is 4.99 Å². The van der Waals surface area contributed by atoms with E-state index < -0.39 is 0 Å². The van der Waals surface area contributed by atoms with Crippen molar-refractivity contribution >= 4 is 25.4 Å². The molecule has 0 spiro atoms. The highest BCUT2D eigenvalue weighted by atomic mass is 31.1. The van der Waals surface area contributed by atoms with Crippen LogP contribution in [0.15, 0.2) is 108 Å². The fourth-order valence-electron chi connectivity index (χ4n) is 3.49. The van der Waals surface area contributed by atoms with Crippen molar-refractivity contribution in [3.63, 3.8) is 0 Å². The van der Waals surface area contributed by atoms with Crippen LogP contribution in [0.3, 0.4) is 0 Å². The fourth-order valence-corrected chi connectivity index (χ4v) is 4.78. The number of hydrogen-bond donors (Lipinski definition) is 0. The Bertz CT molecular complexity index is 1140. The largest absolute Gasteiger partial charge is 0.488 e. The lowest BCUT2D eigenvalue weighted by atomic mass is 10.1. The van der Waals surface area contributed by atoms with Gasteiger partial charge in [0.1, 0.15) is 12.4 Å². The molecule has 4 aromatic rings. The van der Waals surface area contributed by atoms with E-state index in [0.717, 1.165) is 17.7 Å². The van der Waals surface area contributed by atoms with Crippen LogP contribution >= 0.6 is 8.58 Å². The van der Waals surface area contributed by atoms with Gasteiger partial charge in [-0.3, -0.25) is 4.99 Å². The topological polar surface area (TPSA) is 21.6 Å². The summed E-state index contributed by atoms with van der Waals surface area (Å²) in [6, 6.07) is 36.0. The monoisotopic (exact) mass is 423 g/mol. The van der Waals surface area contributed by atoms with Crippen LogP contribution in [0.25, 0.3) is 0 Å². The van der Waals surface area contributed by atoms with Crippen molar-refractivity contribution in [3.05, 3.63) is 125 Å². The normalized spacial score (nSPS) is 11.4. The molecule has 0 fully saturated rings. The van der Waals surface area contributed by atoms with Crippen LogP contribution < -0.4 is 15.3 Å². The summed E-state index contributed by atoms with van der Waals surface area (Å²) in [7, 11) is 2.31. The van der Waals surface area contributed by atoms with E-state index in [1.54, 1.807) is 0 Å². The van der Waals surface area contributed by atoms with Gasteiger partial charge >= 0.3 is 0 Å². The standard InChI is InChI=1S/C28H26NOP/c1-29-20-25-14-8-9-15-27(25)31-28-19-24(18-22-10-4-2-5-11-22)16-17-26(28)30-21-23-12-6-3-7-13-23/h2-17,19-20,31H,18,21H2,1H3. The van der Waals surface area contributed by atoms with E-state index in [1.165, 1.54) is 27.3 Å². The molecule has 0 saturated carbocycles. The Morgan fingerprint density at radius 1 is 0.710 bits per heavy atom. The Morgan fingerprint density at radius 3 is 2.13 bits per heavy atom. The number of hydrogen-bond acceptors (Lipinski definition) is 2. The minimum Gasteiger partial charge on any atom is -0.488 e. The van der Waals surface area contributed by atoms with E-state index in [4.69, 9.17) is 4.74 Å². The molecule has 1 unspecified atom stereocenters. The minimum absolute atomic E-state index is 0.493. The van der Waals surface area contributed by atoms with Gasteiger partial charge in [-0.1, -0.05) is 99.6 Å². The maximum atomic E-state index is 6.27. The first-order valence-corrected chi connectivity index (χ1v) is 11.4. The van der Waals surface area contributed by atoms with Gasteiger partial charge in [0.2, 0.25) is 0 Å². The van der Waals surface area contributed by atoms with Gasteiger partial charge in [0.05, 0.1) is 0 Å². The summed E-state index contributed by atoms with van der Waals surface area (Å²) in [6.45, 7) is 0.564. The summed E-state index contributed by atoms with van der Waals surface area (Å²) >= 11 is 0. The first kappa shape index (κ1) is 21.0. The summed E-state index contributed by atoms with van der Waals surface area (Å²) in [5.41, 5.74) is 4.94. The predicted molar refractivity (Wildman–Crippen MR) is 134 cm³/mol. The lowest BCUT2D eigenvalue weighted by molar-refractivity contribution is 0.309. The first-order valence-electron chi connectivity index (χ1n) is 10.4. The summed E-state index contributed by atoms with van der Waals surface area (Å²) in [6.07, 6.45) is 2.84. The molecule has 0 aliphatic rings. The third-order valence-electron chi connectivity index (χ3n) is 5.03. The van der Waals surface area contributed by atoms with E-state index >= 15 is 0 Å². The van der Waals surface area contributed by atoms with Crippen LogP contribution in [-0.2, 0) is 13.0 Å². The number of nitrogens with zero attached hydrogens (tertiary/aromatic N) is 1. The highest BCUT2D eigenvalue weighted by molar-refractivity contribution is 7.56. The van der Waals surface area contributed by atoms with Crippen molar-refractivity contribution in [1.29, 1.82) is 0 Å². The van der Waals surface area contributed by atoms with Gasteiger partial charge in [0.15, 0.2) is 0 Å². The van der Waals surface area contributed by atoms with Crippen molar-refractivity contribution in [2.75, 3.05) is 7.05 Å². The summed E-state index contributed by atoms with van der Waals surface area (Å²) < 4.78 is 6.27. The molecule has 0 aliphatic carbocycles. The smallest absolute Gasteiger partial charge is 0.127 e. The summed E-state index contributed by atoms with van der Waals surface area (Å²) in [5, 5.41) is 2.50. The zero-order valence-corrected chi connectivity index (χ0v) is 18.7. The van der Waals surface area contributed by atoms with Crippen LogP contribution in [-0.4, -0.2) is 13.3 Å². The highest BCUT2D eigenvalue weighted by Gasteiger charge is 2.10. The Hall–Kier alpha value is -3.22. The van der Waals surface area contributed by atoms with Crippen molar-refractivity contribution in [3.8, 4) is 5.75 Å². The molecular weight excluding hydrogens is 397 g/mol. The van der Waals surface area contributed by atoms with Gasteiger partial charge in [0.25, 0.3) is 0 Å². The molecule has 31 heavy (non-hydrogen) atoms. The number of ether oxygens (including phenoxy) is 1. The van der Waals surface area contributed by atoms with Crippen molar-refractivity contribution < 1.29 is 4.74 Å². The Labute approximate surface area is 186 Å². The third-order valence-corrected chi connectivity index (χ3v) is 6.42. The maximum absolute atomic E-state index is 6.27. The zero-order valence-electron chi connectivity index (χ0n) is 17.7. The predicted octanol–water partition coefficient (Wildman–Crippen LogP) is 5.53. The lowest BCUT2D eigenvalue weighted by Crippen LogP contribution is -2.12. The number of aliphatic imine (C=N–C) groups is 1. The van der Waals surface area contributed by atoms with Gasteiger partial charge in [-0.2, -0.15) is 0 Å². The first-order chi connectivity index (χ1) is 15.3. The molecule has 0 aliphatic heterocycles. The number of rotatable bonds is 8. The average Bonchev–Trinajstić information content (AvgIpc) is 2.81. The average molecular weight is 423 g/mol. The van der Waals surface area contributed by atoms with Gasteiger partial charge in [-0.05, 0) is 46.1 Å². The molecule has 154 valence electrons. The maximum Gasteiger partial charge on any atom is 0.127 e. The van der Waals surface area contributed by atoms with Crippen LogP contribution in [0.4, 0.5) is 0 Å². The van der Waals surface area contributed by atoms with Crippen LogP contribution in [0, 0.1) is 0 Å².